The third-order valence-corrected chi connectivity index (χ3v) is 8.08. The minimum atomic E-state index is -0.774. The molecule has 0 N–H and O–H groups in total. The first-order chi connectivity index (χ1) is 17.1. The van der Waals surface area contributed by atoms with E-state index in [2.05, 4.69) is 36.4 Å². The number of hydrogen-bond donors (Lipinski definition) is 0. The SMILES string of the molecule is COc1ccccc1N1C(=O)[C@@]23CC=CC[C@@]2(CC(=C(c2ccccc2)c2ccccc2)C3)C1=O. The average molecular weight is 462 g/mol. The summed E-state index contributed by atoms with van der Waals surface area (Å²) in [6.07, 6.45) is 6.47. The van der Waals surface area contributed by atoms with Crippen LogP contribution in [0.4, 0.5) is 5.69 Å². The number of ether oxygens (including phenoxy) is 1. The van der Waals surface area contributed by atoms with Crippen molar-refractivity contribution >= 4 is 23.1 Å². The second kappa shape index (κ2) is 8.09. The van der Waals surface area contributed by atoms with Crippen molar-refractivity contribution in [3.63, 3.8) is 0 Å². The van der Waals surface area contributed by atoms with Gasteiger partial charge in [0, 0.05) is 0 Å². The van der Waals surface area contributed by atoms with Crippen LogP contribution in [0.3, 0.4) is 0 Å². The van der Waals surface area contributed by atoms with Crippen LogP contribution in [-0.4, -0.2) is 18.9 Å². The van der Waals surface area contributed by atoms with Gasteiger partial charge in [0.1, 0.15) is 5.75 Å². The highest BCUT2D eigenvalue weighted by Crippen LogP contribution is 2.67. The Morgan fingerprint density at radius 1 is 0.714 bits per heavy atom. The number of benzene rings is 3. The van der Waals surface area contributed by atoms with Gasteiger partial charge >= 0.3 is 0 Å². The normalized spacial score (nSPS) is 24.9. The highest BCUT2D eigenvalue weighted by Gasteiger charge is 2.72. The molecule has 0 aromatic heterocycles. The van der Waals surface area contributed by atoms with Crippen LogP contribution in [0.2, 0.25) is 0 Å². The molecule has 2 atom stereocenters. The number of hydrogen-bond acceptors (Lipinski definition) is 3. The fraction of sp³-hybridized carbons (Fsp3) is 0.226. The number of carbonyl (C=O) groups is 2. The standard InChI is InChI=1S/C31H27NO3/c1-35-26-17-9-8-16-25(26)32-28(33)30-18-10-11-19-31(30,29(32)34)21-24(20-30)27(22-12-4-2-5-13-22)23-14-6-3-7-15-23/h2-17H,18-21H2,1H3/t30-,31+. The van der Waals surface area contributed by atoms with Crippen molar-refractivity contribution in [1.82, 2.24) is 0 Å². The second-order valence-electron chi connectivity index (χ2n) is 9.73. The molecule has 3 aliphatic rings. The number of rotatable bonds is 4. The number of amides is 2. The number of nitrogens with zero attached hydrogens (tertiary/aromatic N) is 1. The summed E-state index contributed by atoms with van der Waals surface area (Å²) in [5, 5.41) is 0. The maximum Gasteiger partial charge on any atom is 0.241 e. The van der Waals surface area contributed by atoms with Crippen LogP contribution in [-0.2, 0) is 9.59 Å². The van der Waals surface area contributed by atoms with Gasteiger partial charge in [-0.3, -0.25) is 9.59 Å². The summed E-state index contributed by atoms with van der Waals surface area (Å²) in [7, 11) is 1.57. The molecule has 2 amide bonds. The molecular weight excluding hydrogens is 434 g/mol. The first-order valence-corrected chi connectivity index (χ1v) is 12.1. The summed E-state index contributed by atoms with van der Waals surface area (Å²) in [6.45, 7) is 0. The molecule has 35 heavy (non-hydrogen) atoms. The number of methoxy groups -OCH3 is 1. The van der Waals surface area contributed by atoms with Gasteiger partial charge < -0.3 is 4.74 Å². The molecule has 2 aliphatic carbocycles. The molecule has 0 unspecified atom stereocenters. The zero-order valence-electron chi connectivity index (χ0n) is 19.7. The van der Waals surface area contributed by atoms with Gasteiger partial charge in [0.25, 0.3) is 0 Å². The van der Waals surface area contributed by atoms with Crippen LogP contribution in [0.5, 0.6) is 5.75 Å². The molecule has 174 valence electrons. The smallest absolute Gasteiger partial charge is 0.241 e. The Hall–Kier alpha value is -3.92. The molecule has 4 nitrogen and oxygen atoms in total. The van der Waals surface area contributed by atoms with E-state index < -0.39 is 10.8 Å². The van der Waals surface area contributed by atoms with Crippen LogP contribution in [0.15, 0.2) is 103 Å². The molecule has 0 spiro atoms. The fourth-order valence-corrected chi connectivity index (χ4v) is 6.48. The van der Waals surface area contributed by atoms with Gasteiger partial charge in [-0.2, -0.15) is 0 Å². The van der Waals surface area contributed by atoms with E-state index in [0.717, 1.165) is 16.7 Å². The quantitative estimate of drug-likeness (QED) is 0.344. The van der Waals surface area contributed by atoms with Crippen molar-refractivity contribution in [2.24, 2.45) is 10.8 Å². The van der Waals surface area contributed by atoms with Gasteiger partial charge in [-0.05, 0) is 54.5 Å². The van der Waals surface area contributed by atoms with E-state index >= 15 is 0 Å². The summed E-state index contributed by atoms with van der Waals surface area (Å²) in [5.74, 6) is 0.329. The summed E-state index contributed by atoms with van der Waals surface area (Å²) in [5.41, 5.74) is 3.56. The average Bonchev–Trinajstić information content (AvgIpc) is 3.35. The molecule has 1 saturated heterocycles. The third-order valence-electron chi connectivity index (χ3n) is 8.08. The largest absolute Gasteiger partial charge is 0.495 e. The van der Waals surface area contributed by atoms with Crippen LogP contribution < -0.4 is 9.64 Å². The molecule has 2 fully saturated rings. The Morgan fingerprint density at radius 3 is 1.71 bits per heavy atom. The molecule has 4 heteroatoms. The van der Waals surface area contributed by atoms with Gasteiger partial charge in [-0.25, -0.2) is 4.90 Å². The van der Waals surface area contributed by atoms with E-state index in [1.165, 1.54) is 10.5 Å². The Bertz CT molecular complexity index is 1300. The monoisotopic (exact) mass is 461 g/mol. The Kier molecular flexibility index (Phi) is 4.99. The fourth-order valence-electron chi connectivity index (χ4n) is 6.48. The maximum absolute atomic E-state index is 14.3. The number of imide groups is 1. The lowest BCUT2D eigenvalue weighted by Gasteiger charge is -2.36. The predicted molar refractivity (Wildman–Crippen MR) is 137 cm³/mol. The van der Waals surface area contributed by atoms with Crippen molar-refractivity contribution in [3.8, 4) is 5.75 Å². The lowest BCUT2D eigenvalue weighted by atomic mass is 9.61. The van der Waals surface area contributed by atoms with Crippen LogP contribution in [0.1, 0.15) is 36.8 Å². The molecule has 3 aromatic rings. The van der Waals surface area contributed by atoms with E-state index in [1.807, 2.05) is 48.5 Å². The van der Waals surface area contributed by atoms with Crippen molar-refractivity contribution in [3.05, 3.63) is 114 Å². The summed E-state index contributed by atoms with van der Waals surface area (Å²) in [6, 6.07) is 28.0. The highest BCUT2D eigenvalue weighted by atomic mass is 16.5. The van der Waals surface area contributed by atoms with E-state index in [4.69, 9.17) is 4.74 Å². The molecule has 1 aliphatic heterocycles. The van der Waals surface area contributed by atoms with E-state index in [-0.39, 0.29) is 11.8 Å². The number of para-hydroxylation sites is 2. The molecule has 3 aromatic carbocycles. The van der Waals surface area contributed by atoms with Gasteiger partial charge in [0.05, 0.1) is 23.6 Å². The highest BCUT2D eigenvalue weighted by molar-refractivity contribution is 6.27. The number of carbonyl (C=O) groups excluding carboxylic acids is 2. The topological polar surface area (TPSA) is 46.6 Å². The lowest BCUT2D eigenvalue weighted by Crippen LogP contribution is -2.41. The Balaban J connectivity index is 1.54. The van der Waals surface area contributed by atoms with Crippen molar-refractivity contribution in [1.29, 1.82) is 0 Å². The van der Waals surface area contributed by atoms with Crippen LogP contribution in [0, 0.1) is 10.8 Å². The molecule has 0 bridgehead atoms. The maximum atomic E-state index is 14.3. The summed E-state index contributed by atoms with van der Waals surface area (Å²) >= 11 is 0. The summed E-state index contributed by atoms with van der Waals surface area (Å²) in [4.78, 5) is 29.9. The van der Waals surface area contributed by atoms with Gasteiger partial charge in [0.2, 0.25) is 11.8 Å². The zero-order chi connectivity index (χ0) is 24.0. The van der Waals surface area contributed by atoms with Gasteiger partial charge in [-0.1, -0.05) is 90.5 Å². The van der Waals surface area contributed by atoms with Crippen molar-refractivity contribution < 1.29 is 14.3 Å². The lowest BCUT2D eigenvalue weighted by molar-refractivity contribution is -0.132. The Morgan fingerprint density at radius 2 is 1.20 bits per heavy atom. The first-order valence-electron chi connectivity index (χ1n) is 12.1. The zero-order valence-corrected chi connectivity index (χ0v) is 19.7. The number of allylic oxidation sites excluding steroid dienone is 3. The van der Waals surface area contributed by atoms with Crippen LogP contribution in [0.25, 0.3) is 5.57 Å². The van der Waals surface area contributed by atoms with Gasteiger partial charge in [-0.15, -0.1) is 0 Å². The molecular formula is C31H27NO3. The van der Waals surface area contributed by atoms with Crippen molar-refractivity contribution in [2.75, 3.05) is 12.0 Å². The minimum absolute atomic E-state index is 0.105. The molecule has 1 saturated carbocycles. The van der Waals surface area contributed by atoms with E-state index in [0.29, 0.717) is 37.1 Å². The minimum Gasteiger partial charge on any atom is -0.495 e. The van der Waals surface area contributed by atoms with E-state index in [9.17, 15) is 9.59 Å². The second-order valence-corrected chi connectivity index (χ2v) is 9.73. The van der Waals surface area contributed by atoms with Crippen LogP contribution >= 0.6 is 0 Å². The van der Waals surface area contributed by atoms with Gasteiger partial charge in [0.15, 0.2) is 0 Å². The molecule has 6 rings (SSSR count). The van der Waals surface area contributed by atoms with Crippen molar-refractivity contribution in [2.45, 2.75) is 25.7 Å². The predicted octanol–water partition coefficient (Wildman–Crippen LogP) is 6.19. The van der Waals surface area contributed by atoms with E-state index in [1.54, 1.807) is 19.2 Å². The number of anilines is 1. The molecule has 1 heterocycles. The molecule has 0 radical (unpaired) electrons. The Labute approximate surface area is 205 Å². The third kappa shape index (κ3) is 2.99. The first kappa shape index (κ1) is 21.6. The summed E-state index contributed by atoms with van der Waals surface area (Å²) < 4.78 is 5.53.